The van der Waals surface area contributed by atoms with Crippen molar-refractivity contribution in [2.24, 2.45) is 0 Å². The zero-order valence-electron chi connectivity index (χ0n) is 18.9. The number of amides is 1. The van der Waals surface area contributed by atoms with Crippen LogP contribution in [0.1, 0.15) is 26.3 Å². The molecule has 1 amide bonds. The van der Waals surface area contributed by atoms with Gasteiger partial charge in [-0.05, 0) is 54.6 Å². The van der Waals surface area contributed by atoms with Crippen molar-refractivity contribution >= 4 is 34.0 Å². The van der Waals surface area contributed by atoms with Crippen LogP contribution >= 0.6 is 0 Å². The first-order valence-corrected chi connectivity index (χ1v) is 11.2. The van der Waals surface area contributed by atoms with E-state index in [0.29, 0.717) is 37.2 Å². The highest BCUT2D eigenvalue weighted by Crippen LogP contribution is 2.26. The van der Waals surface area contributed by atoms with Gasteiger partial charge < -0.3 is 15.0 Å². The lowest BCUT2D eigenvalue weighted by molar-refractivity contribution is 0.101. The Hall–Kier alpha value is -4.24. The lowest BCUT2D eigenvalue weighted by Gasteiger charge is -2.28. The third kappa shape index (κ3) is 4.78. The number of anilines is 2. The molecule has 0 radical (unpaired) electrons. The van der Waals surface area contributed by atoms with Gasteiger partial charge in [0.15, 0.2) is 17.4 Å². The van der Waals surface area contributed by atoms with E-state index in [1.54, 1.807) is 18.3 Å². The summed E-state index contributed by atoms with van der Waals surface area (Å²) in [7, 11) is 0. The molecule has 0 atom stereocenters. The number of hydrogen-bond donors (Lipinski definition) is 1. The average molecular weight is 491 g/mol. The summed E-state index contributed by atoms with van der Waals surface area (Å²) in [6.07, 6.45) is 1.75. The normalized spacial score (nSPS) is 13.6. The minimum absolute atomic E-state index is 0.108. The third-order valence-corrected chi connectivity index (χ3v) is 5.94. The number of carbonyl (C=O) groups is 2. The number of rotatable bonds is 5. The molecule has 0 unspecified atom stereocenters. The number of morpholine rings is 1. The molecule has 1 aliphatic heterocycles. The van der Waals surface area contributed by atoms with E-state index in [1.165, 1.54) is 18.2 Å². The number of fused-ring (bicyclic) bond motifs is 1. The van der Waals surface area contributed by atoms with Crippen LogP contribution in [0, 0.1) is 17.5 Å². The predicted molar refractivity (Wildman–Crippen MR) is 129 cm³/mol. The van der Waals surface area contributed by atoms with Crippen LogP contribution in [0.2, 0.25) is 0 Å². The molecule has 0 bridgehead atoms. The van der Waals surface area contributed by atoms with Crippen LogP contribution in [0.4, 0.5) is 24.5 Å². The first kappa shape index (κ1) is 23.5. The highest BCUT2D eigenvalue weighted by molar-refractivity contribution is 6.12. The quantitative estimate of drug-likeness (QED) is 0.399. The Morgan fingerprint density at radius 3 is 2.36 bits per heavy atom. The lowest BCUT2D eigenvalue weighted by Crippen LogP contribution is -2.36. The van der Waals surface area contributed by atoms with Crippen LogP contribution in [-0.4, -0.2) is 43.0 Å². The summed E-state index contributed by atoms with van der Waals surface area (Å²) in [6, 6.07) is 13.2. The van der Waals surface area contributed by atoms with E-state index in [1.807, 2.05) is 6.07 Å². The summed E-state index contributed by atoms with van der Waals surface area (Å²) in [5.74, 6) is -4.53. The van der Waals surface area contributed by atoms with E-state index in [2.05, 4.69) is 15.2 Å². The monoisotopic (exact) mass is 491 g/mol. The highest BCUT2D eigenvalue weighted by atomic mass is 19.2. The Bertz CT molecular complexity index is 1470. The van der Waals surface area contributed by atoms with E-state index in [9.17, 15) is 22.8 Å². The molecular formula is C27H20F3N3O3. The summed E-state index contributed by atoms with van der Waals surface area (Å²) in [4.78, 5) is 32.2. The fourth-order valence-electron chi connectivity index (χ4n) is 4.04. The summed E-state index contributed by atoms with van der Waals surface area (Å²) < 4.78 is 47.5. The maximum absolute atomic E-state index is 14.7. The maximum atomic E-state index is 14.7. The van der Waals surface area contributed by atoms with Crippen molar-refractivity contribution in [2.75, 3.05) is 36.5 Å². The molecule has 1 N–H and O–H groups in total. The Kier molecular flexibility index (Phi) is 6.39. The minimum atomic E-state index is -1.32. The summed E-state index contributed by atoms with van der Waals surface area (Å²) in [5, 5.41) is 3.09. The van der Waals surface area contributed by atoms with Crippen molar-refractivity contribution in [1.29, 1.82) is 0 Å². The Balaban J connectivity index is 1.44. The van der Waals surface area contributed by atoms with Crippen LogP contribution < -0.4 is 10.2 Å². The van der Waals surface area contributed by atoms with E-state index in [-0.39, 0.29) is 16.8 Å². The van der Waals surface area contributed by atoms with Crippen LogP contribution in [-0.2, 0) is 4.74 Å². The van der Waals surface area contributed by atoms with Crippen molar-refractivity contribution in [3.8, 4) is 0 Å². The van der Waals surface area contributed by atoms with Crippen LogP contribution in [0.15, 0.2) is 66.9 Å². The van der Waals surface area contributed by atoms with Crippen LogP contribution in [0.25, 0.3) is 10.9 Å². The number of ether oxygens (including phenoxy) is 1. The molecule has 1 saturated heterocycles. The van der Waals surface area contributed by atoms with Crippen molar-refractivity contribution in [1.82, 2.24) is 4.98 Å². The third-order valence-electron chi connectivity index (χ3n) is 5.94. The molecule has 36 heavy (non-hydrogen) atoms. The Morgan fingerprint density at radius 1 is 0.889 bits per heavy atom. The number of aromatic nitrogens is 1. The molecule has 1 aromatic heterocycles. The van der Waals surface area contributed by atoms with Gasteiger partial charge in [-0.15, -0.1) is 0 Å². The van der Waals surface area contributed by atoms with Crippen molar-refractivity contribution < 1.29 is 27.5 Å². The Morgan fingerprint density at radius 2 is 1.61 bits per heavy atom. The highest BCUT2D eigenvalue weighted by Gasteiger charge is 2.21. The molecule has 1 aliphatic rings. The molecule has 6 nitrogen and oxygen atoms in total. The molecule has 9 heteroatoms. The minimum Gasteiger partial charge on any atom is -0.378 e. The SMILES string of the molecule is O=C(Nc1cc(F)c(F)c(C(=O)c2ccc3ncc(N4CCOCC4)cc3c2)c1)c1ccc(F)cc1. The van der Waals surface area contributed by atoms with Gasteiger partial charge >= 0.3 is 0 Å². The van der Waals surface area contributed by atoms with Crippen molar-refractivity contribution in [3.05, 3.63) is 101 Å². The van der Waals surface area contributed by atoms with E-state index >= 15 is 0 Å². The van der Waals surface area contributed by atoms with E-state index < -0.39 is 34.7 Å². The number of ketones is 1. The second-order valence-electron chi connectivity index (χ2n) is 8.31. The summed E-state index contributed by atoms with van der Waals surface area (Å²) in [5.41, 5.74) is 1.15. The molecule has 182 valence electrons. The van der Waals surface area contributed by atoms with E-state index in [4.69, 9.17) is 4.74 Å². The number of carbonyl (C=O) groups excluding carboxylic acids is 2. The molecule has 5 rings (SSSR count). The van der Waals surface area contributed by atoms with Gasteiger partial charge in [0.25, 0.3) is 5.91 Å². The second kappa shape index (κ2) is 9.79. The van der Waals surface area contributed by atoms with Gasteiger partial charge in [-0.25, -0.2) is 13.2 Å². The zero-order valence-corrected chi connectivity index (χ0v) is 18.9. The predicted octanol–water partition coefficient (Wildman–Crippen LogP) is 4.97. The molecule has 4 aromatic rings. The van der Waals surface area contributed by atoms with Gasteiger partial charge in [0.05, 0.1) is 36.2 Å². The number of hydrogen-bond acceptors (Lipinski definition) is 5. The topological polar surface area (TPSA) is 71.5 Å². The maximum Gasteiger partial charge on any atom is 0.255 e. The van der Waals surface area contributed by atoms with Crippen LogP contribution in [0.3, 0.4) is 0 Å². The summed E-state index contributed by atoms with van der Waals surface area (Å²) in [6.45, 7) is 2.64. The molecule has 0 aliphatic carbocycles. The standard InChI is InChI=1S/C27H20F3N3O3/c28-19-4-1-16(2-5-19)27(35)32-20-13-22(25(30)23(29)14-20)26(34)17-3-6-24-18(11-17)12-21(15-31-24)33-7-9-36-10-8-33/h1-6,11-15H,7-10H2,(H,32,35). The van der Waals surface area contributed by atoms with Gasteiger partial charge in [0, 0.05) is 41.4 Å². The van der Waals surface area contributed by atoms with Gasteiger partial charge in [-0.3, -0.25) is 14.6 Å². The number of nitrogens with one attached hydrogen (secondary N) is 1. The first-order chi connectivity index (χ1) is 17.4. The molecule has 0 saturated carbocycles. The van der Waals surface area contributed by atoms with Gasteiger partial charge in [-0.1, -0.05) is 0 Å². The number of pyridine rings is 1. The molecule has 0 spiro atoms. The smallest absolute Gasteiger partial charge is 0.255 e. The fraction of sp³-hybridized carbons (Fsp3) is 0.148. The molecule has 1 fully saturated rings. The molecular weight excluding hydrogens is 471 g/mol. The first-order valence-electron chi connectivity index (χ1n) is 11.2. The number of halogens is 3. The van der Waals surface area contributed by atoms with Crippen molar-refractivity contribution in [2.45, 2.75) is 0 Å². The Labute approximate surface area is 204 Å². The number of nitrogens with zero attached hydrogens (tertiary/aromatic N) is 2. The zero-order chi connectivity index (χ0) is 25.2. The average Bonchev–Trinajstić information content (AvgIpc) is 2.90. The fourth-order valence-corrected chi connectivity index (χ4v) is 4.04. The van der Waals surface area contributed by atoms with Crippen molar-refractivity contribution in [3.63, 3.8) is 0 Å². The molecule has 3 aromatic carbocycles. The number of benzene rings is 3. The van der Waals surface area contributed by atoms with Gasteiger partial charge in [-0.2, -0.15) is 0 Å². The molecule has 2 heterocycles. The van der Waals surface area contributed by atoms with E-state index in [0.717, 1.165) is 30.0 Å². The second-order valence-corrected chi connectivity index (χ2v) is 8.31. The lowest BCUT2D eigenvalue weighted by atomic mass is 10.00. The van der Waals surface area contributed by atoms with Gasteiger partial charge in [0.1, 0.15) is 5.82 Å². The van der Waals surface area contributed by atoms with Gasteiger partial charge in [0.2, 0.25) is 0 Å². The summed E-state index contributed by atoms with van der Waals surface area (Å²) >= 11 is 0. The largest absolute Gasteiger partial charge is 0.378 e. The van der Waals surface area contributed by atoms with Crippen LogP contribution in [0.5, 0.6) is 0 Å².